The molecule has 2 aliphatic heterocycles. The highest BCUT2D eigenvalue weighted by molar-refractivity contribution is 5.68. The first-order valence-corrected chi connectivity index (χ1v) is 7.57. The molecule has 0 radical (unpaired) electrons. The van der Waals surface area contributed by atoms with E-state index in [0.717, 1.165) is 36.9 Å². The maximum absolute atomic E-state index is 5.96. The van der Waals surface area contributed by atoms with Gasteiger partial charge in [0.15, 0.2) is 11.6 Å². The number of nitrogens with two attached hydrogens (primary N) is 1. The van der Waals surface area contributed by atoms with Crippen molar-refractivity contribution in [1.82, 2.24) is 15.3 Å². The van der Waals surface area contributed by atoms with Crippen LogP contribution in [0.25, 0.3) is 0 Å². The van der Waals surface area contributed by atoms with E-state index in [4.69, 9.17) is 10.5 Å². The summed E-state index contributed by atoms with van der Waals surface area (Å²) in [4.78, 5) is 10.9. The molecule has 2 aliphatic rings. The molecule has 0 unspecified atom stereocenters. The van der Waals surface area contributed by atoms with Crippen molar-refractivity contribution in [3.05, 3.63) is 0 Å². The highest BCUT2D eigenvalue weighted by Crippen LogP contribution is 2.38. The lowest BCUT2D eigenvalue weighted by Gasteiger charge is -2.31. The van der Waals surface area contributed by atoms with Crippen LogP contribution in [-0.4, -0.2) is 48.8 Å². The zero-order valence-electron chi connectivity index (χ0n) is 12.9. The minimum absolute atomic E-state index is 0.253. The molecule has 0 aliphatic carbocycles. The molecule has 116 valence electrons. The Hall–Kier alpha value is -1.76. The number of anilines is 3. The van der Waals surface area contributed by atoms with Crippen molar-refractivity contribution in [2.45, 2.75) is 32.4 Å². The summed E-state index contributed by atoms with van der Waals surface area (Å²) in [6.07, 6.45) is 1.09. The Morgan fingerprint density at radius 1 is 1.43 bits per heavy atom. The summed E-state index contributed by atoms with van der Waals surface area (Å²) in [6, 6.07) is 0.736. The average Bonchev–Trinajstić information content (AvgIpc) is 2.94. The highest BCUT2D eigenvalue weighted by atomic mass is 16.5. The Morgan fingerprint density at radius 2 is 2.24 bits per heavy atom. The zero-order valence-corrected chi connectivity index (χ0v) is 12.9. The Balaban J connectivity index is 1.89. The molecule has 1 fully saturated rings. The molecule has 3 heterocycles. The standard InChI is InChI=1S/C14H24N6O/c1-8(2)10-7-21-11-12(17-10)18-14(15)19-13(11)20-5-4-9(6-20)16-3/h8-10,16H,4-7H2,1-3H3,(H3,15,17,18,19)/t9-,10+/m1/s1. The fourth-order valence-corrected chi connectivity index (χ4v) is 2.84. The molecule has 0 spiro atoms. The molecule has 7 nitrogen and oxygen atoms in total. The van der Waals surface area contributed by atoms with Crippen LogP contribution in [0.3, 0.4) is 0 Å². The van der Waals surface area contributed by atoms with Gasteiger partial charge in [-0.1, -0.05) is 13.8 Å². The van der Waals surface area contributed by atoms with Gasteiger partial charge in [0, 0.05) is 19.1 Å². The lowest BCUT2D eigenvalue weighted by molar-refractivity contribution is 0.255. The first-order valence-electron chi connectivity index (χ1n) is 7.57. The minimum Gasteiger partial charge on any atom is -0.484 e. The molecule has 1 saturated heterocycles. The van der Waals surface area contributed by atoms with Gasteiger partial charge in [-0.3, -0.25) is 0 Å². The van der Waals surface area contributed by atoms with E-state index >= 15 is 0 Å². The first-order chi connectivity index (χ1) is 10.1. The maximum atomic E-state index is 5.96. The summed E-state index contributed by atoms with van der Waals surface area (Å²) in [6.45, 7) is 6.82. The number of hydrogen-bond acceptors (Lipinski definition) is 7. The smallest absolute Gasteiger partial charge is 0.224 e. The van der Waals surface area contributed by atoms with Crippen LogP contribution in [0.15, 0.2) is 0 Å². The second-order valence-corrected chi connectivity index (χ2v) is 6.11. The Morgan fingerprint density at radius 3 is 2.90 bits per heavy atom. The van der Waals surface area contributed by atoms with Crippen LogP contribution >= 0.6 is 0 Å². The predicted molar refractivity (Wildman–Crippen MR) is 83.9 cm³/mol. The number of nitrogen functional groups attached to an aromatic ring is 1. The van der Waals surface area contributed by atoms with Gasteiger partial charge in [-0.05, 0) is 19.4 Å². The van der Waals surface area contributed by atoms with Crippen LogP contribution < -0.4 is 26.0 Å². The van der Waals surface area contributed by atoms with Gasteiger partial charge in [0.1, 0.15) is 6.61 Å². The number of ether oxygens (including phenoxy) is 1. The zero-order chi connectivity index (χ0) is 15.0. The SMILES string of the molecule is CN[C@@H]1CCN(c2nc(N)nc3c2OC[C@@H](C(C)C)N3)C1. The fourth-order valence-electron chi connectivity index (χ4n) is 2.84. The average molecular weight is 292 g/mol. The van der Waals surface area contributed by atoms with Crippen molar-refractivity contribution < 1.29 is 4.74 Å². The summed E-state index contributed by atoms with van der Waals surface area (Å²) in [7, 11) is 1.99. The normalized spacial score (nSPS) is 24.7. The number of fused-ring (bicyclic) bond motifs is 1. The van der Waals surface area contributed by atoms with Crippen molar-refractivity contribution >= 4 is 17.6 Å². The Bertz CT molecular complexity index is 520. The quantitative estimate of drug-likeness (QED) is 0.755. The summed E-state index contributed by atoms with van der Waals surface area (Å²) in [5, 5.41) is 6.74. The molecule has 1 aromatic heterocycles. The molecular formula is C14H24N6O. The van der Waals surface area contributed by atoms with E-state index in [1.54, 1.807) is 0 Å². The number of rotatable bonds is 3. The third-order valence-corrected chi connectivity index (χ3v) is 4.30. The molecule has 1 aromatic rings. The van der Waals surface area contributed by atoms with E-state index in [2.05, 4.69) is 39.3 Å². The second kappa shape index (κ2) is 5.55. The van der Waals surface area contributed by atoms with Gasteiger partial charge in [0.25, 0.3) is 0 Å². The van der Waals surface area contributed by atoms with Crippen molar-refractivity contribution in [3.8, 4) is 5.75 Å². The van der Waals surface area contributed by atoms with E-state index in [1.165, 1.54) is 0 Å². The number of likely N-dealkylation sites (N-methyl/N-ethyl adjacent to an activating group) is 1. The topological polar surface area (TPSA) is 88.3 Å². The monoisotopic (exact) mass is 292 g/mol. The Labute approximate surface area is 125 Å². The molecule has 0 saturated carbocycles. The summed E-state index contributed by atoms with van der Waals surface area (Å²) < 4.78 is 5.96. The van der Waals surface area contributed by atoms with E-state index in [1.807, 2.05) is 7.05 Å². The number of hydrogen-bond donors (Lipinski definition) is 3. The molecule has 4 N–H and O–H groups in total. The van der Waals surface area contributed by atoms with E-state index in [-0.39, 0.29) is 12.0 Å². The van der Waals surface area contributed by atoms with Crippen molar-refractivity contribution in [2.24, 2.45) is 5.92 Å². The molecule has 2 atom stereocenters. The summed E-state index contributed by atoms with van der Waals surface area (Å²) in [5.74, 6) is 3.02. The van der Waals surface area contributed by atoms with Crippen LogP contribution in [0.2, 0.25) is 0 Å². The second-order valence-electron chi connectivity index (χ2n) is 6.11. The van der Waals surface area contributed by atoms with E-state index in [0.29, 0.717) is 18.6 Å². The largest absolute Gasteiger partial charge is 0.484 e. The van der Waals surface area contributed by atoms with Crippen LogP contribution in [0, 0.1) is 5.92 Å². The van der Waals surface area contributed by atoms with Crippen molar-refractivity contribution in [2.75, 3.05) is 42.7 Å². The molecule has 0 bridgehead atoms. The Kier molecular flexibility index (Phi) is 3.75. The lowest BCUT2D eigenvalue weighted by Crippen LogP contribution is -2.37. The molecule has 3 rings (SSSR count). The summed E-state index contributed by atoms with van der Waals surface area (Å²) in [5.41, 5.74) is 5.88. The van der Waals surface area contributed by atoms with Crippen molar-refractivity contribution in [3.63, 3.8) is 0 Å². The minimum atomic E-state index is 0.253. The van der Waals surface area contributed by atoms with Crippen LogP contribution in [-0.2, 0) is 0 Å². The van der Waals surface area contributed by atoms with Gasteiger partial charge in [-0.2, -0.15) is 9.97 Å². The number of aromatic nitrogens is 2. The molecular weight excluding hydrogens is 268 g/mol. The highest BCUT2D eigenvalue weighted by Gasteiger charge is 2.31. The van der Waals surface area contributed by atoms with Crippen LogP contribution in [0.1, 0.15) is 20.3 Å². The predicted octanol–water partition coefficient (Wildman–Crippen LogP) is 0.686. The lowest BCUT2D eigenvalue weighted by atomic mass is 10.0. The van der Waals surface area contributed by atoms with Crippen molar-refractivity contribution in [1.29, 1.82) is 0 Å². The van der Waals surface area contributed by atoms with Crippen LogP contribution in [0.5, 0.6) is 5.75 Å². The molecule has 0 amide bonds. The maximum Gasteiger partial charge on any atom is 0.224 e. The van der Waals surface area contributed by atoms with Crippen LogP contribution in [0.4, 0.5) is 17.6 Å². The summed E-state index contributed by atoms with van der Waals surface area (Å²) >= 11 is 0. The van der Waals surface area contributed by atoms with Gasteiger partial charge in [-0.15, -0.1) is 0 Å². The van der Waals surface area contributed by atoms with E-state index < -0.39 is 0 Å². The van der Waals surface area contributed by atoms with Gasteiger partial charge in [-0.25, -0.2) is 0 Å². The first kappa shape index (κ1) is 14.2. The fraction of sp³-hybridized carbons (Fsp3) is 0.714. The molecule has 7 heteroatoms. The van der Waals surface area contributed by atoms with Gasteiger partial charge in [0.05, 0.1) is 6.04 Å². The third kappa shape index (κ3) is 2.70. The number of nitrogens with zero attached hydrogens (tertiary/aromatic N) is 3. The van der Waals surface area contributed by atoms with Gasteiger partial charge < -0.3 is 26.0 Å². The third-order valence-electron chi connectivity index (χ3n) is 4.30. The number of nitrogens with one attached hydrogen (secondary N) is 2. The van der Waals surface area contributed by atoms with Gasteiger partial charge >= 0.3 is 0 Å². The van der Waals surface area contributed by atoms with E-state index in [9.17, 15) is 0 Å². The van der Waals surface area contributed by atoms with Gasteiger partial charge in [0.2, 0.25) is 11.7 Å². The molecule has 21 heavy (non-hydrogen) atoms. The molecule has 0 aromatic carbocycles.